The summed E-state index contributed by atoms with van der Waals surface area (Å²) in [5, 5.41) is 3.29. The van der Waals surface area contributed by atoms with Gasteiger partial charge in [-0.25, -0.2) is 0 Å². The van der Waals surface area contributed by atoms with Crippen molar-refractivity contribution in [1.82, 2.24) is 10.2 Å². The number of nitrogens with one attached hydrogen (secondary N) is 1. The molecule has 0 bridgehead atoms. The van der Waals surface area contributed by atoms with Crippen molar-refractivity contribution in [3.8, 4) is 0 Å². The van der Waals surface area contributed by atoms with E-state index in [9.17, 15) is 4.79 Å². The molecule has 1 fully saturated rings. The molecule has 124 valence electrons. The molecule has 21 heavy (non-hydrogen) atoms. The van der Waals surface area contributed by atoms with Gasteiger partial charge in [0.2, 0.25) is 5.91 Å². The van der Waals surface area contributed by atoms with Crippen LogP contribution in [-0.2, 0) is 9.53 Å². The van der Waals surface area contributed by atoms with Crippen molar-refractivity contribution < 1.29 is 9.53 Å². The average molecular weight is 299 g/mol. The van der Waals surface area contributed by atoms with Crippen LogP contribution in [0.4, 0.5) is 0 Å². The van der Waals surface area contributed by atoms with Crippen LogP contribution in [0, 0.1) is 0 Å². The van der Waals surface area contributed by atoms with Crippen LogP contribution >= 0.6 is 0 Å². The van der Waals surface area contributed by atoms with Gasteiger partial charge in [0.05, 0.1) is 11.6 Å². The molecular weight excluding hydrogens is 266 g/mol. The number of likely N-dealkylation sites (N-methyl/N-ethyl adjacent to an activating group) is 1. The number of primary amides is 1. The number of carbonyl (C=O) groups excluding carboxylic acids is 1. The first-order chi connectivity index (χ1) is 10.0. The lowest BCUT2D eigenvalue weighted by atomic mass is 9.94. The van der Waals surface area contributed by atoms with Gasteiger partial charge in [0.1, 0.15) is 0 Å². The van der Waals surface area contributed by atoms with Crippen LogP contribution in [-0.4, -0.2) is 55.2 Å². The molecular formula is C16H33N3O2. The molecule has 2 atom stereocenters. The number of ether oxygens (including phenoxy) is 1. The van der Waals surface area contributed by atoms with Gasteiger partial charge in [0.15, 0.2) is 0 Å². The molecule has 0 aliphatic carbocycles. The minimum Gasteiger partial charge on any atom is -0.377 e. The van der Waals surface area contributed by atoms with Crippen molar-refractivity contribution in [2.24, 2.45) is 5.73 Å². The van der Waals surface area contributed by atoms with Crippen molar-refractivity contribution in [2.45, 2.75) is 64.5 Å². The average Bonchev–Trinajstić information content (AvgIpc) is 2.96. The highest BCUT2D eigenvalue weighted by Crippen LogP contribution is 2.16. The van der Waals surface area contributed by atoms with Crippen molar-refractivity contribution in [1.29, 1.82) is 0 Å². The van der Waals surface area contributed by atoms with E-state index in [1.54, 1.807) is 0 Å². The molecule has 0 aromatic carbocycles. The Bertz CT molecular complexity index is 306. The van der Waals surface area contributed by atoms with Crippen molar-refractivity contribution in [3.05, 3.63) is 0 Å². The fraction of sp³-hybridized carbons (Fsp3) is 0.938. The first kappa shape index (κ1) is 18.4. The van der Waals surface area contributed by atoms with Gasteiger partial charge in [-0.1, -0.05) is 13.8 Å². The third-order valence-electron chi connectivity index (χ3n) is 4.39. The van der Waals surface area contributed by atoms with Crippen LogP contribution in [0.2, 0.25) is 0 Å². The van der Waals surface area contributed by atoms with E-state index in [4.69, 9.17) is 10.5 Å². The van der Waals surface area contributed by atoms with Gasteiger partial charge in [0, 0.05) is 13.2 Å². The standard InChI is InChI=1S/C16H33N3O2/c1-4-10-18-16(3,15(17)20)9-7-11-19(5-2)13-14-8-6-12-21-14/h14,18H,4-13H2,1-3H3,(H2,17,20). The molecule has 5 nitrogen and oxygen atoms in total. The number of nitrogens with two attached hydrogens (primary N) is 1. The van der Waals surface area contributed by atoms with Crippen LogP contribution in [0.15, 0.2) is 0 Å². The lowest BCUT2D eigenvalue weighted by Gasteiger charge is -2.29. The highest BCUT2D eigenvalue weighted by Gasteiger charge is 2.29. The summed E-state index contributed by atoms with van der Waals surface area (Å²) in [5.41, 5.74) is 4.97. The van der Waals surface area contributed by atoms with E-state index < -0.39 is 5.54 Å². The molecule has 3 N–H and O–H groups in total. The topological polar surface area (TPSA) is 67.6 Å². The van der Waals surface area contributed by atoms with E-state index in [0.717, 1.165) is 52.0 Å². The Morgan fingerprint density at radius 1 is 1.48 bits per heavy atom. The van der Waals surface area contributed by atoms with Gasteiger partial charge in [-0.3, -0.25) is 4.79 Å². The molecule has 2 unspecified atom stereocenters. The maximum absolute atomic E-state index is 11.7. The molecule has 0 aromatic rings. The molecule has 0 spiro atoms. The third-order valence-corrected chi connectivity index (χ3v) is 4.39. The fourth-order valence-corrected chi connectivity index (χ4v) is 2.81. The SMILES string of the molecule is CCCNC(C)(CCCN(CC)CC1CCCO1)C(N)=O. The van der Waals surface area contributed by atoms with Gasteiger partial charge >= 0.3 is 0 Å². The normalized spacial score (nSPS) is 21.6. The number of hydrogen-bond donors (Lipinski definition) is 2. The van der Waals surface area contributed by atoms with E-state index >= 15 is 0 Å². The van der Waals surface area contributed by atoms with Crippen molar-refractivity contribution in [2.75, 3.05) is 32.8 Å². The van der Waals surface area contributed by atoms with Crippen LogP contribution < -0.4 is 11.1 Å². The predicted molar refractivity (Wildman–Crippen MR) is 86.2 cm³/mol. The Kier molecular flexibility index (Phi) is 8.22. The molecule has 1 aliphatic rings. The summed E-state index contributed by atoms with van der Waals surface area (Å²) in [5.74, 6) is -0.252. The second-order valence-corrected chi connectivity index (χ2v) is 6.25. The zero-order valence-electron chi connectivity index (χ0n) is 14.0. The molecule has 5 heteroatoms. The first-order valence-corrected chi connectivity index (χ1v) is 8.40. The van der Waals surface area contributed by atoms with Crippen LogP contribution in [0.3, 0.4) is 0 Å². The highest BCUT2D eigenvalue weighted by molar-refractivity contribution is 5.84. The number of rotatable bonds is 11. The quantitative estimate of drug-likeness (QED) is 0.607. The maximum Gasteiger partial charge on any atom is 0.237 e. The van der Waals surface area contributed by atoms with Crippen molar-refractivity contribution >= 4 is 5.91 Å². The smallest absolute Gasteiger partial charge is 0.237 e. The van der Waals surface area contributed by atoms with E-state index in [-0.39, 0.29) is 5.91 Å². The number of carbonyl (C=O) groups is 1. The predicted octanol–water partition coefficient (Wildman–Crippen LogP) is 1.51. The molecule has 0 saturated carbocycles. The van der Waals surface area contributed by atoms with Crippen LogP contribution in [0.25, 0.3) is 0 Å². The zero-order valence-corrected chi connectivity index (χ0v) is 14.0. The molecule has 1 amide bonds. The molecule has 1 saturated heterocycles. The zero-order chi connectivity index (χ0) is 15.7. The Morgan fingerprint density at radius 2 is 2.24 bits per heavy atom. The maximum atomic E-state index is 11.7. The van der Waals surface area contributed by atoms with Gasteiger partial charge in [-0.05, 0) is 58.7 Å². The summed E-state index contributed by atoms with van der Waals surface area (Å²) in [6, 6.07) is 0. The number of nitrogens with zero attached hydrogens (tertiary/aromatic N) is 1. The van der Waals surface area contributed by atoms with E-state index in [2.05, 4.69) is 24.1 Å². The van der Waals surface area contributed by atoms with Gasteiger partial charge in [0.25, 0.3) is 0 Å². The van der Waals surface area contributed by atoms with E-state index in [0.29, 0.717) is 6.10 Å². The first-order valence-electron chi connectivity index (χ1n) is 8.40. The minimum atomic E-state index is -0.584. The van der Waals surface area contributed by atoms with Crippen LogP contribution in [0.1, 0.15) is 52.9 Å². The summed E-state index contributed by atoms with van der Waals surface area (Å²) < 4.78 is 5.70. The molecule has 1 aliphatic heterocycles. The summed E-state index contributed by atoms with van der Waals surface area (Å²) in [7, 11) is 0. The largest absolute Gasteiger partial charge is 0.377 e. The second-order valence-electron chi connectivity index (χ2n) is 6.25. The van der Waals surface area contributed by atoms with Gasteiger partial charge in [-0.15, -0.1) is 0 Å². The summed E-state index contributed by atoms with van der Waals surface area (Å²) in [4.78, 5) is 14.1. The fourth-order valence-electron chi connectivity index (χ4n) is 2.81. The molecule has 0 radical (unpaired) electrons. The Balaban J connectivity index is 2.34. The van der Waals surface area contributed by atoms with E-state index in [1.165, 1.54) is 12.8 Å². The molecule has 0 aromatic heterocycles. The van der Waals surface area contributed by atoms with Crippen molar-refractivity contribution in [3.63, 3.8) is 0 Å². The Morgan fingerprint density at radius 3 is 2.76 bits per heavy atom. The second kappa shape index (κ2) is 9.38. The minimum absolute atomic E-state index is 0.252. The van der Waals surface area contributed by atoms with E-state index in [1.807, 2.05) is 6.92 Å². The Labute approximate surface area is 129 Å². The monoisotopic (exact) mass is 299 g/mol. The lowest BCUT2D eigenvalue weighted by molar-refractivity contribution is -0.124. The molecule has 1 heterocycles. The number of hydrogen-bond acceptors (Lipinski definition) is 4. The number of amides is 1. The van der Waals surface area contributed by atoms with Crippen LogP contribution in [0.5, 0.6) is 0 Å². The summed E-state index contributed by atoms with van der Waals surface area (Å²) in [6.45, 7) is 10.9. The molecule has 1 rings (SSSR count). The van der Waals surface area contributed by atoms with Gasteiger partial charge in [-0.2, -0.15) is 0 Å². The summed E-state index contributed by atoms with van der Waals surface area (Å²) in [6.07, 6.45) is 5.51. The highest BCUT2D eigenvalue weighted by atomic mass is 16.5. The third kappa shape index (κ3) is 6.32. The lowest BCUT2D eigenvalue weighted by Crippen LogP contribution is -2.53. The van der Waals surface area contributed by atoms with Gasteiger partial charge < -0.3 is 20.7 Å². The Hall–Kier alpha value is -0.650. The summed E-state index contributed by atoms with van der Waals surface area (Å²) >= 11 is 0.